The molecule has 0 saturated carbocycles. The number of pyridine rings is 1. The standard InChI is InChI=1S/C12H16N3O/c13-12(16)11-3-1-2-8-15(11)9-10-4-6-14-7-5-10/h1,4-7,11H,2-3,8-9H2,(H2,13,16). The smallest absolute Gasteiger partial charge is 0.234 e. The third-order valence-corrected chi connectivity index (χ3v) is 2.91. The van der Waals surface area contributed by atoms with Crippen LogP contribution in [0.25, 0.3) is 0 Å². The zero-order chi connectivity index (χ0) is 11.4. The number of primary amides is 1. The van der Waals surface area contributed by atoms with Gasteiger partial charge >= 0.3 is 0 Å². The van der Waals surface area contributed by atoms with Crippen LogP contribution >= 0.6 is 0 Å². The molecule has 1 saturated heterocycles. The van der Waals surface area contributed by atoms with Crippen molar-refractivity contribution < 1.29 is 4.79 Å². The van der Waals surface area contributed by atoms with Gasteiger partial charge in [-0.1, -0.05) is 0 Å². The lowest BCUT2D eigenvalue weighted by atomic mass is 10.0. The minimum Gasteiger partial charge on any atom is -0.368 e. The van der Waals surface area contributed by atoms with Crippen molar-refractivity contribution in [1.82, 2.24) is 9.88 Å². The predicted molar refractivity (Wildman–Crippen MR) is 61.2 cm³/mol. The molecule has 1 aliphatic heterocycles. The van der Waals surface area contributed by atoms with E-state index in [0.29, 0.717) is 0 Å². The van der Waals surface area contributed by atoms with Gasteiger partial charge in [-0.05, 0) is 43.5 Å². The van der Waals surface area contributed by atoms with Crippen molar-refractivity contribution >= 4 is 5.91 Å². The van der Waals surface area contributed by atoms with Crippen LogP contribution < -0.4 is 5.73 Å². The van der Waals surface area contributed by atoms with Crippen molar-refractivity contribution in [3.63, 3.8) is 0 Å². The summed E-state index contributed by atoms with van der Waals surface area (Å²) in [5.74, 6) is -0.231. The first-order valence-corrected chi connectivity index (χ1v) is 5.51. The summed E-state index contributed by atoms with van der Waals surface area (Å²) < 4.78 is 0. The molecule has 0 spiro atoms. The zero-order valence-corrected chi connectivity index (χ0v) is 9.17. The van der Waals surface area contributed by atoms with E-state index in [0.717, 1.165) is 25.9 Å². The Morgan fingerprint density at radius 1 is 1.50 bits per heavy atom. The van der Waals surface area contributed by atoms with Gasteiger partial charge in [0.25, 0.3) is 0 Å². The van der Waals surface area contributed by atoms with Crippen molar-refractivity contribution in [3.8, 4) is 0 Å². The van der Waals surface area contributed by atoms with Gasteiger partial charge in [0.15, 0.2) is 0 Å². The van der Waals surface area contributed by atoms with E-state index in [9.17, 15) is 4.79 Å². The maximum absolute atomic E-state index is 11.3. The fourth-order valence-corrected chi connectivity index (χ4v) is 2.05. The Morgan fingerprint density at radius 3 is 2.94 bits per heavy atom. The Morgan fingerprint density at radius 2 is 2.25 bits per heavy atom. The molecule has 0 aromatic carbocycles. The largest absolute Gasteiger partial charge is 0.368 e. The van der Waals surface area contributed by atoms with Crippen molar-refractivity contribution in [2.24, 2.45) is 5.73 Å². The van der Waals surface area contributed by atoms with Crippen LogP contribution in [0.15, 0.2) is 24.5 Å². The minimum absolute atomic E-state index is 0.151. The highest BCUT2D eigenvalue weighted by Gasteiger charge is 2.26. The number of rotatable bonds is 3. The second kappa shape index (κ2) is 5.07. The Bertz CT molecular complexity index is 353. The molecule has 0 bridgehead atoms. The first kappa shape index (κ1) is 11.1. The molecule has 1 amide bonds. The van der Waals surface area contributed by atoms with Gasteiger partial charge in [0, 0.05) is 18.9 Å². The van der Waals surface area contributed by atoms with Crippen LogP contribution in [0.3, 0.4) is 0 Å². The Balaban J connectivity index is 2.04. The molecule has 1 unspecified atom stereocenters. The number of nitrogens with two attached hydrogens (primary N) is 1. The first-order chi connectivity index (χ1) is 7.77. The van der Waals surface area contributed by atoms with Crippen LogP contribution in [0.1, 0.15) is 18.4 Å². The average Bonchev–Trinajstić information content (AvgIpc) is 2.31. The molecule has 16 heavy (non-hydrogen) atoms. The number of hydrogen-bond donors (Lipinski definition) is 1. The maximum Gasteiger partial charge on any atom is 0.234 e. The number of aromatic nitrogens is 1. The number of hydrogen-bond acceptors (Lipinski definition) is 3. The van der Waals surface area contributed by atoms with Gasteiger partial charge in [0.05, 0.1) is 6.04 Å². The van der Waals surface area contributed by atoms with E-state index in [1.54, 1.807) is 12.4 Å². The van der Waals surface area contributed by atoms with E-state index in [1.807, 2.05) is 12.1 Å². The number of amides is 1. The van der Waals surface area contributed by atoms with Crippen LogP contribution in [0.4, 0.5) is 0 Å². The highest BCUT2D eigenvalue weighted by atomic mass is 16.1. The summed E-state index contributed by atoms with van der Waals surface area (Å²) in [6, 6.07) is 3.79. The van der Waals surface area contributed by atoms with Gasteiger partial charge in [-0.3, -0.25) is 14.7 Å². The first-order valence-electron chi connectivity index (χ1n) is 5.51. The van der Waals surface area contributed by atoms with Gasteiger partial charge in [0.2, 0.25) is 5.91 Å². The minimum atomic E-state index is -0.231. The molecule has 2 heterocycles. The molecular weight excluding hydrogens is 202 g/mol. The van der Waals surface area contributed by atoms with Crippen molar-refractivity contribution in [3.05, 3.63) is 36.5 Å². The average molecular weight is 218 g/mol. The molecule has 4 nitrogen and oxygen atoms in total. The van der Waals surface area contributed by atoms with Crippen LogP contribution in [0.5, 0.6) is 0 Å². The summed E-state index contributed by atoms with van der Waals surface area (Å²) in [6.07, 6.45) is 7.46. The van der Waals surface area contributed by atoms with Crippen LogP contribution in [0, 0.1) is 6.42 Å². The van der Waals surface area contributed by atoms with Gasteiger partial charge in [-0.25, -0.2) is 0 Å². The van der Waals surface area contributed by atoms with Crippen LogP contribution in [0.2, 0.25) is 0 Å². The number of likely N-dealkylation sites (tertiary alicyclic amines) is 1. The maximum atomic E-state index is 11.3. The second-order valence-corrected chi connectivity index (χ2v) is 4.06. The molecule has 0 aliphatic carbocycles. The summed E-state index contributed by atoms with van der Waals surface area (Å²) in [4.78, 5) is 17.4. The van der Waals surface area contributed by atoms with E-state index in [-0.39, 0.29) is 11.9 Å². The number of carbonyl (C=O) groups is 1. The van der Waals surface area contributed by atoms with E-state index >= 15 is 0 Å². The highest BCUT2D eigenvalue weighted by Crippen LogP contribution is 2.18. The Hall–Kier alpha value is -1.42. The van der Waals surface area contributed by atoms with Gasteiger partial charge in [-0.2, -0.15) is 0 Å². The lowest BCUT2D eigenvalue weighted by Crippen LogP contribution is -2.47. The fourth-order valence-electron chi connectivity index (χ4n) is 2.05. The summed E-state index contributed by atoms with van der Waals surface area (Å²) in [7, 11) is 0. The zero-order valence-electron chi connectivity index (χ0n) is 9.17. The lowest BCUT2D eigenvalue weighted by Gasteiger charge is -2.33. The molecular formula is C12H16N3O. The number of nitrogens with zero attached hydrogens (tertiary/aromatic N) is 2. The molecule has 1 aliphatic rings. The molecule has 4 heteroatoms. The highest BCUT2D eigenvalue weighted by molar-refractivity contribution is 5.80. The van der Waals surface area contributed by atoms with Gasteiger partial charge in [0.1, 0.15) is 0 Å². The predicted octanol–water partition coefficient (Wildman–Crippen LogP) is 0.736. The quantitative estimate of drug-likeness (QED) is 0.814. The molecule has 1 radical (unpaired) electrons. The molecule has 1 fully saturated rings. The van der Waals surface area contributed by atoms with Crippen LogP contribution in [-0.4, -0.2) is 28.4 Å². The molecule has 1 aromatic heterocycles. The van der Waals surface area contributed by atoms with E-state index in [2.05, 4.69) is 16.3 Å². The monoisotopic (exact) mass is 218 g/mol. The number of piperidine rings is 1. The molecule has 2 N–H and O–H groups in total. The van der Waals surface area contributed by atoms with Crippen LogP contribution in [-0.2, 0) is 11.3 Å². The van der Waals surface area contributed by atoms with Crippen molar-refractivity contribution in [2.75, 3.05) is 6.54 Å². The van der Waals surface area contributed by atoms with Gasteiger partial charge in [-0.15, -0.1) is 0 Å². The molecule has 85 valence electrons. The topological polar surface area (TPSA) is 59.2 Å². The SMILES string of the molecule is NC(=O)C1C[CH]CCN1Cc1ccncc1. The van der Waals surface area contributed by atoms with Gasteiger partial charge < -0.3 is 5.73 Å². The summed E-state index contributed by atoms with van der Waals surface area (Å²) in [5.41, 5.74) is 6.57. The van der Waals surface area contributed by atoms with E-state index in [1.165, 1.54) is 5.56 Å². The fraction of sp³-hybridized carbons (Fsp3) is 0.417. The molecule has 2 rings (SSSR count). The molecule has 1 aromatic rings. The summed E-state index contributed by atoms with van der Waals surface area (Å²) in [6.45, 7) is 1.67. The third kappa shape index (κ3) is 2.58. The van der Waals surface area contributed by atoms with Crippen molar-refractivity contribution in [1.29, 1.82) is 0 Å². The third-order valence-electron chi connectivity index (χ3n) is 2.91. The summed E-state index contributed by atoms with van der Waals surface area (Å²) in [5, 5.41) is 0. The second-order valence-electron chi connectivity index (χ2n) is 4.06. The summed E-state index contributed by atoms with van der Waals surface area (Å²) >= 11 is 0. The van der Waals surface area contributed by atoms with E-state index in [4.69, 9.17) is 5.73 Å². The normalized spacial score (nSPS) is 21.9. The molecule has 1 atom stereocenters. The Labute approximate surface area is 95.5 Å². The lowest BCUT2D eigenvalue weighted by molar-refractivity contribution is -0.124. The van der Waals surface area contributed by atoms with Crippen molar-refractivity contribution in [2.45, 2.75) is 25.4 Å². The Kier molecular flexibility index (Phi) is 3.51. The number of carbonyl (C=O) groups excluding carboxylic acids is 1. The van der Waals surface area contributed by atoms with E-state index < -0.39 is 0 Å².